The van der Waals surface area contributed by atoms with Crippen molar-refractivity contribution in [2.45, 2.75) is 6.54 Å². The Morgan fingerprint density at radius 2 is 2.19 bits per heavy atom. The molecular weight excluding hydrogens is 268 g/mol. The third-order valence-corrected chi connectivity index (χ3v) is 2.96. The Bertz CT molecular complexity index is 831. The Labute approximate surface area is 119 Å². The van der Waals surface area contributed by atoms with Crippen molar-refractivity contribution in [2.75, 3.05) is 0 Å². The van der Waals surface area contributed by atoms with E-state index >= 15 is 0 Å². The summed E-state index contributed by atoms with van der Waals surface area (Å²) < 4.78 is 1.85. The van der Waals surface area contributed by atoms with Crippen LogP contribution in [-0.2, 0) is 6.54 Å². The molecule has 0 aliphatic rings. The van der Waals surface area contributed by atoms with Gasteiger partial charge in [-0.25, -0.2) is 9.97 Å². The number of pyridine rings is 1. The highest BCUT2D eigenvalue weighted by Gasteiger charge is 2.08. The zero-order valence-corrected chi connectivity index (χ0v) is 10.9. The highest BCUT2D eigenvalue weighted by molar-refractivity contribution is 5.93. The van der Waals surface area contributed by atoms with E-state index in [-0.39, 0.29) is 11.6 Å². The van der Waals surface area contributed by atoms with E-state index in [0.29, 0.717) is 12.1 Å². The molecule has 0 radical (unpaired) electrons. The first-order valence-electron chi connectivity index (χ1n) is 6.18. The van der Waals surface area contributed by atoms with Gasteiger partial charge < -0.3 is 5.32 Å². The number of fused-ring (bicyclic) bond motifs is 1. The first-order valence-corrected chi connectivity index (χ1v) is 6.18. The largest absolute Gasteiger partial charge is 0.346 e. The fourth-order valence-corrected chi connectivity index (χ4v) is 1.89. The van der Waals surface area contributed by atoms with Crippen molar-refractivity contribution in [3.8, 4) is 6.07 Å². The van der Waals surface area contributed by atoms with Crippen LogP contribution in [0.25, 0.3) is 5.65 Å². The number of carbonyl (C=O) groups is 1. The van der Waals surface area contributed by atoms with Gasteiger partial charge in [-0.15, -0.1) is 0 Å². The molecule has 102 valence electrons. The second kappa shape index (κ2) is 5.38. The van der Waals surface area contributed by atoms with Crippen LogP contribution in [0.5, 0.6) is 0 Å². The monoisotopic (exact) mass is 278 g/mol. The molecule has 0 saturated heterocycles. The lowest BCUT2D eigenvalue weighted by Crippen LogP contribution is -2.23. The van der Waals surface area contributed by atoms with Crippen LogP contribution in [0, 0.1) is 11.3 Å². The highest BCUT2D eigenvalue weighted by Crippen LogP contribution is 2.05. The zero-order chi connectivity index (χ0) is 14.7. The number of nitrogens with one attached hydrogen (secondary N) is 1. The summed E-state index contributed by atoms with van der Waals surface area (Å²) in [5.74, 6) is -0.254. The summed E-state index contributed by atoms with van der Waals surface area (Å²) in [6, 6.07) is 4.98. The number of imidazole rings is 1. The molecule has 0 saturated carbocycles. The SMILES string of the molecule is N#Cc1ccc(C(=O)NCc2cnc3cnccn23)cn1. The zero-order valence-electron chi connectivity index (χ0n) is 10.9. The van der Waals surface area contributed by atoms with Gasteiger partial charge in [0.1, 0.15) is 11.8 Å². The van der Waals surface area contributed by atoms with Crippen molar-refractivity contribution < 1.29 is 4.79 Å². The third-order valence-electron chi connectivity index (χ3n) is 2.96. The predicted molar refractivity (Wildman–Crippen MR) is 73.1 cm³/mol. The van der Waals surface area contributed by atoms with Crippen LogP contribution in [0.4, 0.5) is 0 Å². The molecule has 3 rings (SSSR count). The molecule has 0 fully saturated rings. The Balaban J connectivity index is 1.72. The third kappa shape index (κ3) is 2.55. The molecule has 0 unspecified atom stereocenters. The number of hydrogen-bond donors (Lipinski definition) is 1. The number of nitrogens with zero attached hydrogens (tertiary/aromatic N) is 5. The average Bonchev–Trinajstić information content (AvgIpc) is 2.96. The van der Waals surface area contributed by atoms with Gasteiger partial charge in [0.05, 0.1) is 30.2 Å². The minimum atomic E-state index is -0.254. The van der Waals surface area contributed by atoms with Crippen molar-refractivity contribution in [3.05, 3.63) is 60.1 Å². The first kappa shape index (κ1) is 12.7. The molecule has 3 aromatic heterocycles. The van der Waals surface area contributed by atoms with Gasteiger partial charge in [-0.3, -0.25) is 14.2 Å². The molecule has 0 spiro atoms. The van der Waals surface area contributed by atoms with Crippen molar-refractivity contribution in [3.63, 3.8) is 0 Å². The van der Waals surface area contributed by atoms with E-state index in [2.05, 4.69) is 20.3 Å². The molecule has 7 nitrogen and oxygen atoms in total. The van der Waals surface area contributed by atoms with Crippen LogP contribution in [0.1, 0.15) is 21.7 Å². The summed E-state index contributed by atoms with van der Waals surface area (Å²) in [4.78, 5) is 24.0. The fraction of sp³-hybridized carbons (Fsp3) is 0.0714. The van der Waals surface area contributed by atoms with E-state index in [0.717, 1.165) is 11.3 Å². The van der Waals surface area contributed by atoms with Gasteiger partial charge in [0.25, 0.3) is 5.91 Å². The van der Waals surface area contributed by atoms with Crippen molar-refractivity contribution in [1.29, 1.82) is 5.26 Å². The number of aromatic nitrogens is 4. The van der Waals surface area contributed by atoms with E-state index in [1.165, 1.54) is 12.3 Å². The molecule has 1 N–H and O–H groups in total. The highest BCUT2D eigenvalue weighted by atomic mass is 16.1. The lowest BCUT2D eigenvalue weighted by molar-refractivity contribution is 0.0950. The molecule has 21 heavy (non-hydrogen) atoms. The van der Waals surface area contributed by atoms with Gasteiger partial charge in [-0.1, -0.05) is 0 Å². The Morgan fingerprint density at radius 3 is 2.95 bits per heavy atom. The molecule has 1 amide bonds. The minimum absolute atomic E-state index is 0.254. The average molecular weight is 278 g/mol. The standard InChI is InChI=1S/C14H10N6O/c15-5-11-2-1-10(6-17-11)14(21)19-8-12-7-18-13-9-16-3-4-20(12)13/h1-4,6-7,9H,8H2,(H,19,21). The lowest BCUT2D eigenvalue weighted by Gasteiger charge is -2.05. The Morgan fingerprint density at radius 1 is 1.29 bits per heavy atom. The molecule has 0 aromatic carbocycles. The van der Waals surface area contributed by atoms with Gasteiger partial charge in [-0.05, 0) is 12.1 Å². The van der Waals surface area contributed by atoms with Gasteiger partial charge >= 0.3 is 0 Å². The smallest absolute Gasteiger partial charge is 0.253 e. The summed E-state index contributed by atoms with van der Waals surface area (Å²) in [7, 11) is 0. The molecule has 7 heteroatoms. The number of nitriles is 1. The molecule has 3 heterocycles. The fourth-order valence-electron chi connectivity index (χ4n) is 1.89. The summed E-state index contributed by atoms with van der Waals surface area (Å²) in [5, 5.41) is 11.5. The second-order valence-corrected chi connectivity index (χ2v) is 4.28. The van der Waals surface area contributed by atoms with Crippen LogP contribution >= 0.6 is 0 Å². The Kier molecular flexibility index (Phi) is 3.27. The summed E-state index contributed by atoms with van der Waals surface area (Å²) >= 11 is 0. The summed E-state index contributed by atoms with van der Waals surface area (Å²) in [5.41, 5.74) is 2.26. The molecule has 0 bridgehead atoms. The van der Waals surface area contributed by atoms with Crippen LogP contribution in [-0.4, -0.2) is 25.3 Å². The van der Waals surface area contributed by atoms with Crippen LogP contribution < -0.4 is 5.32 Å². The normalized spacial score (nSPS) is 10.2. The quantitative estimate of drug-likeness (QED) is 0.768. The van der Waals surface area contributed by atoms with E-state index in [1.807, 2.05) is 10.5 Å². The van der Waals surface area contributed by atoms with Crippen LogP contribution in [0.3, 0.4) is 0 Å². The van der Waals surface area contributed by atoms with Gasteiger partial charge in [0, 0.05) is 18.6 Å². The number of carbonyl (C=O) groups excluding carboxylic acids is 1. The molecule has 0 aliphatic carbocycles. The maximum absolute atomic E-state index is 12.0. The van der Waals surface area contributed by atoms with Gasteiger partial charge in [0.2, 0.25) is 0 Å². The van der Waals surface area contributed by atoms with Crippen LogP contribution in [0.15, 0.2) is 43.1 Å². The number of hydrogen-bond acceptors (Lipinski definition) is 5. The molecule has 3 aromatic rings. The molecular formula is C14H10N6O. The Hall–Kier alpha value is -3.27. The van der Waals surface area contributed by atoms with E-state index in [9.17, 15) is 4.79 Å². The first-order chi connectivity index (χ1) is 10.3. The molecule has 0 atom stereocenters. The maximum atomic E-state index is 12.0. The van der Waals surface area contributed by atoms with E-state index < -0.39 is 0 Å². The van der Waals surface area contributed by atoms with Gasteiger partial charge in [-0.2, -0.15) is 5.26 Å². The number of rotatable bonds is 3. The van der Waals surface area contributed by atoms with E-state index in [1.54, 1.807) is 30.9 Å². The second-order valence-electron chi connectivity index (χ2n) is 4.28. The van der Waals surface area contributed by atoms with E-state index in [4.69, 9.17) is 5.26 Å². The van der Waals surface area contributed by atoms with Crippen molar-refractivity contribution in [1.82, 2.24) is 24.7 Å². The van der Waals surface area contributed by atoms with Crippen molar-refractivity contribution in [2.24, 2.45) is 0 Å². The topological polar surface area (TPSA) is 96.0 Å². The predicted octanol–water partition coefficient (Wildman–Crippen LogP) is 0.926. The lowest BCUT2D eigenvalue weighted by atomic mass is 10.2. The minimum Gasteiger partial charge on any atom is -0.346 e. The summed E-state index contributed by atoms with van der Waals surface area (Å²) in [6.45, 7) is 0.337. The molecule has 0 aliphatic heterocycles. The number of amides is 1. The van der Waals surface area contributed by atoms with Crippen LogP contribution in [0.2, 0.25) is 0 Å². The maximum Gasteiger partial charge on any atom is 0.253 e. The van der Waals surface area contributed by atoms with Crippen molar-refractivity contribution >= 4 is 11.6 Å². The van der Waals surface area contributed by atoms with Gasteiger partial charge in [0.15, 0.2) is 5.65 Å². The summed E-state index contributed by atoms with van der Waals surface area (Å²) in [6.07, 6.45) is 8.16.